The maximum atomic E-state index is 11.4. The van der Waals surface area contributed by atoms with E-state index in [9.17, 15) is 10.5 Å². The van der Waals surface area contributed by atoms with Crippen LogP contribution in [0.1, 0.15) is 22.8 Å². The van der Waals surface area contributed by atoms with Gasteiger partial charge in [0.15, 0.2) is 11.5 Å². The molecule has 0 unspecified atom stereocenters. The lowest BCUT2D eigenvalue weighted by Crippen LogP contribution is -2.07. The maximum absolute atomic E-state index is 11.4. The molecule has 7 aromatic carbocycles. The first kappa shape index (κ1) is 34.1. The average molecular weight is 743 g/mol. The smallest absolute Gasteiger partial charge is 0.187 e. The Morgan fingerprint density at radius 2 is 1.00 bits per heavy atom. The van der Waals surface area contributed by atoms with Gasteiger partial charge in [-0.3, -0.25) is 0 Å². The van der Waals surface area contributed by atoms with Crippen molar-refractivity contribution in [1.29, 1.82) is 10.5 Å². The minimum atomic E-state index is 0.467. The summed E-state index contributed by atoms with van der Waals surface area (Å²) in [6, 6.07) is 53.4. The van der Waals surface area contributed by atoms with Gasteiger partial charge in [-0.05, 0) is 90.7 Å². The summed E-state index contributed by atoms with van der Waals surface area (Å²) in [5.41, 5.74) is 11.1. The van der Waals surface area contributed by atoms with E-state index in [0.29, 0.717) is 45.7 Å². The number of fused-ring (bicyclic) bond motifs is 6. The zero-order chi connectivity index (χ0) is 39.5. The van der Waals surface area contributed by atoms with E-state index in [2.05, 4.69) is 91.8 Å². The summed E-state index contributed by atoms with van der Waals surface area (Å²) in [6.45, 7) is 11.3. The third kappa shape index (κ3) is 5.46. The van der Waals surface area contributed by atoms with Gasteiger partial charge in [0, 0.05) is 27.1 Å². The maximum Gasteiger partial charge on any atom is 0.187 e. The van der Waals surface area contributed by atoms with Crippen LogP contribution in [-0.4, -0.2) is 24.1 Å². The first-order chi connectivity index (χ1) is 28.4. The highest BCUT2D eigenvalue weighted by atomic mass is 15.0. The van der Waals surface area contributed by atoms with Crippen LogP contribution in [0.3, 0.4) is 0 Å². The van der Waals surface area contributed by atoms with Crippen molar-refractivity contribution in [1.82, 2.24) is 24.1 Å². The van der Waals surface area contributed by atoms with Gasteiger partial charge in [0.25, 0.3) is 0 Å². The van der Waals surface area contributed by atoms with Crippen LogP contribution in [0.25, 0.3) is 93.5 Å². The standard InChI is InChI=1S/C50H30N8/c1-30-54-31(2)56-50(55-30)37-26-48(57-44-16-6-4-14-39(44)41-20-18-35(24-46(41)57)33-11-8-10-32(22-33)28-51)43(29-52)49(27-37)58-45-17-7-5-15-40(45)42-21-19-36(25-47(42)58)34-12-9-13-38(23-34)53-3/h4-27H,1-2H3. The van der Waals surface area contributed by atoms with Gasteiger partial charge in [0.1, 0.15) is 23.3 Å². The fourth-order valence-corrected chi connectivity index (χ4v) is 8.30. The average Bonchev–Trinajstić information content (AvgIpc) is 3.77. The number of rotatable bonds is 5. The molecule has 0 spiro atoms. The van der Waals surface area contributed by atoms with Gasteiger partial charge in [-0.25, -0.2) is 19.8 Å². The number of para-hydroxylation sites is 2. The highest BCUT2D eigenvalue weighted by Crippen LogP contribution is 2.41. The fraction of sp³-hybridized carbons (Fsp3) is 0.0400. The fourth-order valence-electron chi connectivity index (χ4n) is 8.30. The molecule has 0 aliphatic heterocycles. The van der Waals surface area contributed by atoms with Crippen molar-refractivity contribution in [2.45, 2.75) is 13.8 Å². The second-order valence-corrected chi connectivity index (χ2v) is 14.3. The Hall–Kier alpha value is -8.38. The largest absolute Gasteiger partial charge is 0.308 e. The predicted molar refractivity (Wildman–Crippen MR) is 230 cm³/mol. The Labute approximate surface area is 333 Å². The highest BCUT2D eigenvalue weighted by molar-refractivity contribution is 6.12. The molecule has 8 heteroatoms. The van der Waals surface area contributed by atoms with E-state index in [1.165, 1.54) is 0 Å². The minimum absolute atomic E-state index is 0.467. The lowest BCUT2D eigenvalue weighted by atomic mass is 10.0. The Morgan fingerprint density at radius 1 is 0.483 bits per heavy atom. The number of aromatic nitrogens is 5. The minimum Gasteiger partial charge on any atom is -0.308 e. The van der Waals surface area contributed by atoms with Crippen molar-refractivity contribution in [3.05, 3.63) is 180 Å². The van der Waals surface area contributed by atoms with Gasteiger partial charge < -0.3 is 9.13 Å². The SMILES string of the molecule is [C-]#[N+]c1cccc(-c2ccc3c4ccccc4n(-c4cc(-c5nc(C)nc(C)n5)cc(-n5c6ccccc6c6ccc(-c7cccc(C#N)c7)cc65)c4C#N)c3c2)c1. The van der Waals surface area contributed by atoms with Crippen molar-refractivity contribution in [2.24, 2.45) is 0 Å². The van der Waals surface area contributed by atoms with Gasteiger partial charge >= 0.3 is 0 Å². The second kappa shape index (κ2) is 13.4. The molecular formula is C50H30N8. The Kier molecular flexibility index (Phi) is 7.90. The summed E-state index contributed by atoms with van der Waals surface area (Å²) in [7, 11) is 0. The van der Waals surface area contributed by atoms with Gasteiger partial charge in [-0.2, -0.15) is 10.5 Å². The van der Waals surface area contributed by atoms with Gasteiger partial charge in [0.05, 0.1) is 51.6 Å². The molecule has 3 heterocycles. The number of nitrogens with zero attached hydrogens (tertiary/aromatic N) is 8. The van der Waals surface area contributed by atoms with E-state index >= 15 is 0 Å². The van der Waals surface area contributed by atoms with Crippen LogP contribution >= 0.6 is 0 Å². The molecule has 8 nitrogen and oxygen atoms in total. The number of hydrogen-bond acceptors (Lipinski definition) is 5. The molecule has 0 aliphatic carbocycles. The summed E-state index contributed by atoms with van der Waals surface area (Å²) < 4.78 is 4.34. The normalized spacial score (nSPS) is 11.2. The molecule has 0 bridgehead atoms. The second-order valence-electron chi connectivity index (χ2n) is 14.3. The van der Waals surface area contributed by atoms with Crippen LogP contribution in [0.5, 0.6) is 0 Å². The lowest BCUT2D eigenvalue weighted by molar-refractivity contribution is 0.927. The summed E-state index contributed by atoms with van der Waals surface area (Å²) in [6.07, 6.45) is 0. The van der Waals surface area contributed by atoms with Crippen LogP contribution < -0.4 is 0 Å². The molecule has 0 aliphatic rings. The van der Waals surface area contributed by atoms with E-state index in [-0.39, 0.29) is 0 Å². The molecule has 10 aromatic rings. The topological polar surface area (TPSA) is 100 Å². The van der Waals surface area contributed by atoms with Crippen molar-refractivity contribution in [3.63, 3.8) is 0 Å². The predicted octanol–water partition coefficient (Wildman–Crippen LogP) is 12.0. The lowest BCUT2D eigenvalue weighted by Gasteiger charge is -2.18. The third-order valence-electron chi connectivity index (χ3n) is 10.8. The van der Waals surface area contributed by atoms with Crippen molar-refractivity contribution in [2.75, 3.05) is 0 Å². The quantitative estimate of drug-likeness (QED) is 0.163. The molecule has 0 saturated carbocycles. The van der Waals surface area contributed by atoms with Crippen LogP contribution in [-0.2, 0) is 0 Å². The molecule has 0 saturated heterocycles. The van der Waals surface area contributed by atoms with Crippen molar-refractivity contribution >= 4 is 49.3 Å². The van der Waals surface area contributed by atoms with Crippen LogP contribution in [0.2, 0.25) is 0 Å². The van der Waals surface area contributed by atoms with Crippen LogP contribution in [0.4, 0.5) is 5.69 Å². The third-order valence-corrected chi connectivity index (χ3v) is 10.8. The molecule has 0 fully saturated rings. The molecule has 0 N–H and O–H groups in total. The molecule has 0 radical (unpaired) electrons. The zero-order valence-electron chi connectivity index (χ0n) is 31.4. The molecule has 58 heavy (non-hydrogen) atoms. The first-order valence-electron chi connectivity index (χ1n) is 18.8. The van der Waals surface area contributed by atoms with Gasteiger partial charge in [0.2, 0.25) is 0 Å². The van der Waals surface area contributed by atoms with E-state index < -0.39 is 0 Å². The Balaban J connectivity index is 1.34. The molecule has 270 valence electrons. The summed E-state index contributed by atoms with van der Waals surface area (Å²) in [5.74, 6) is 1.70. The van der Waals surface area contributed by atoms with Gasteiger partial charge in [-0.1, -0.05) is 91.0 Å². The van der Waals surface area contributed by atoms with Crippen molar-refractivity contribution in [3.8, 4) is 57.2 Å². The van der Waals surface area contributed by atoms with E-state index in [1.54, 1.807) is 6.07 Å². The van der Waals surface area contributed by atoms with E-state index in [4.69, 9.17) is 16.5 Å². The number of aryl methyl sites for hydroxylation is 2. The molecule has 10 rings (SSSR count). The van der Waals surface area contributed by atoms with E-state index in [0.717, 1.165) is 71.4 Å². The Bertz CT molecular complexity index is 3260. The zero-order valence-corrected chi connectivity index (χ0v) is 31.4. The van der Waals surface area contributed by atoms with Crippen molar-refractivity contribution < 1.29 is 0 Å². The van der Waals surface area contributed by atoms with Crippen LogP contribution in [0, 0.1) is 43.1 Å². The Morgan fingerprint density at radius 3 is 1.55 bits per heavy atom. The van der Waals surface area contributed by atoms with E-state index in [1.807, 2.05) is 92.7 Å². The first-order valence-corrected chi connectivity index (χ1v) is 18.8. The molecule has 3 aromatic heterocycles. The summed E-state index contributed by atoms with van der Waals surface area (Å²) in [4.78, 5) is 17.8. The number of nitriles is 2. The summed E-state index contributed by atoms with van der Waals surface area (Å²) in [5, 5.41) is 25.3. The van der Waals surface area contributed by atoms with Crippen LogP contribution in [0.15, 0.2) is 146 Å². The number of benzene rings is 7. The van der Waals surface area contributed by atoms with Gasteiger partial charge in [-0.15, -0.1) is 0 Å². The molecular weight excluding hydrogens is 713 g/mol. The monoisotopic (exact) mass is 742 g/mol. The number of hydrogen-bond donors (Lipinski definition) is 0. The summed E-state index contributed by atoms with van der Waals surface area (Å²) >= 11 is 0. The molecule has 0 amide bonds. The highest BCUT2D eigenvalue weighted by Gasteiger charge is 2.24. The molecule has 0 atom stereocenters.